The van der Waals surface area contributed by atoms with Gasteiger partial charge in [0.25, 0.3) is 5.91 Å². The van der Waals surface area contributed by atoms with Crippen molar-refractivity contribution < 1.29 is 9.90 Å². The molecule has 0 radical (unpaired) electrons. The number of aryl methyl sites for hydroxylation is 2. The van der Waals surface area contributed by atoms with Gasteiger partial charge in [-0.1, -0.05) is 6.07 Å². The first kappa shape index (κ1) is 16.5. The SMILES string of the molecule is O=C(NCCCN1CCC(O)CC1)c1ccc2c(c1)CCCC2. The molecule has 1 fully saturated rings. The van der Waals surface area contributed by atoms with Gasteiger partial charge < -0.3 is 15.3 Å². The van der Waals surface area contributed by atoms with Crippen LogP contribution in [-0.4, -0.2) is 48.2 Å². The van der Waals surface area contributed by atoms with E-state index in [1.807, 2.05) is 6.07 Å². The fourth-order valence-corrected chi connectivity index (χ4v) is 3.62. The number of aliphatic hydroxyl groups excluding tert-OH is 1. The summed E-state index contributed by atoms with van der Waals surface area (Å²) < 4.78 is 0. The standard InChI is InChI=1S/C19H28N2O2/c22-18-8-12-21(13-9-18)11-3-10-20-19(23)17-7-6-15-4-1-2-5-16(15)14-17/h6-7,14,18,22H,1-5,8-13H2,(H,20,23). The highest BCUT2D eigenvalue weighted by Gasteiger charge is 2.16. The number of rotatable bonds is 5. The van der Waals surface area contributed by atoms with Crippen molar-refractivity contribution in [2.75, 3.05) is 26.2 Å². The maximum Gasteiger partial charge on any atom is 0.251 e. The summed E-state index contributed by atoms with van der Waals surface area (Å²) in [5.74, 6) is 0.0486. The van der Waals surface area contributed by atoms with Gasteiger partial charge >= 0.3 is 0 Å². The number of piperidine rings is 1. The maximum absolute atomic E-state index is 12.3. The maximum atomic E-state index is 12.3. The monoisotopic (exact) mass is 316 g/mol. The molecular weight excluding hydrogens is 288 g/mol. The van der Waals surface area contributed by atoms with E-state index in [-0.39, 0.29) is 12.0 Å². The minimum absolute atomic E-state index is 0.0486. The van der Waals surface area contributed by atoms with Crippen LogP contribution in [-0.2, 0) is 12.8 Å². The number of hydrogen-bond acceptors (Lipinski definition) is 3. The Morgan fingerprint density at radius 3 is 2.70 bits per heavy atom. The zero-order valence-corrected chi connectivity index (χ0v) is 13.9. The Bertz CT molecular complexity index is 536. The molecule has 1 aromatic rings. The van der Waals surface area contributed by atoms with Gasteiger partial charge in [-0.2, -0.15) is 0 Å². The average molecular weight is 316 g/mol. The lowest BCUT2D eigenvalue weighted by Gasteiger charge is -2.29. The third-order valence-electron chi connectivity index (χ3n) is 5.10. The molecule has 0 saturated carbocycles. The van der Waals surface area contributed by atoms with Crippen LogP contribution in [0.5, 0.6) is 0 Å². The van der Waals surface area contributed by atoms with E-state index in [0.717, 1.165) is 63.8 Å². The summed E-state index contributed by atoms with van der Waals surface area (Å²) >= 11 is 0. The highest BCUT2D eigenvalue weighted by atomic mass is 16.3. The van der Waals surface area contributed by atoms with E-state index in [1.54, 1.807) is 0 Å². The third kappa shape index (κ3) is 4.55. The first-order chi connectivity index (χ1) is 11.2. The number of aliphatic hydroxyl groups is 1. The Labute approximate surface area is 138 Å². The Morgan fingerprint density at radius 2 is 1.91 bits per heavy atom. The molecule has 1 aliphatic carbocycles. The first-order valence-corrected chi connectivity index (χ1v) is 9.03. The number of nitrogens with zero attached hydrogens (tertiary/aromatic N) is 1. The van der Waals surface area contributed by atoms with Crippen LogP contribution in [0.2, 0.25) is 0 Å². The van der Waals surface area contributed by atoms with E-state index < -0.39 is 0 Å². The Kier molecular flexibility index (Phi) is 5.68. The van der Waals surface area contributed by atoms with Gasteiger partial charge in [-0.3, -0.25) is 4.79 Å². The molecule has 126 valence electrons. The zero-order chi connectivity index (χ0) is 16.1. The van der Waals surface area contributed by atoms with Gasteiger partial charge in [0.2, 0.25) is 0 Å². The normalized spacial score (nSPS) is 19.3. The molecule has 4 nitrogen and oxygen atoms in total. The largest absolute Gasteiger partial charge is 0.393 e. The Hall–Kier alpha value is -1.39. The smallest absolute Gasteiger partial charge is 0.251 e. The molecule has 0 spiro atoms. The molecule has 0 atom stereocenters. The summed E-state index contributed by atoms with van der Waals surface area (Å²) in [4.78, 5) is 14.6. The number of carbonyl (C=O) groups is 1. The topological polar surface area (TPSA) is 52.6 Å². The molecule has 1 amide bonds. The van der Waals surface area contributed by atoms with Crippen LogP contribution in [0, 0.1) is 0 Å². The van der Waals surface area contributed by atoms with Crippen LogP contribution in [0.3, 0.4) is 0 Å². The number of likely N-dealkylation sites (tertiary alicyclic amines) is 1. The van der Waals surface area contributed by atoms with Crippen molar-refractivity contribution in [2.45, 2.75) is 51.0 Å². The lowest BCUT2D eigenvalue weighted by atomic mass is 9.90. The summed E-state index contributed by atoms with van der Waals surface area (Å²) in [6.45, 7) is 3.66. The van der Waals surface area contributed by atoms with Crippen LogP contribution in [0.4, 0.5) is 0 Å². The number of amides is 1. The van der Waals surface area contributed by atoms with Crippen molar-refractivity contribution in [1.29, 1.82) is 0 Å². The fourth-order valence-electron chi connectivity index (χ4n) is 3.62. The summed E-state index contributed by atoms with van der Waals surface area (Å²) in [5.41, 5.74) is 3.57. The van der Waals surface area contributed by atoms with Crippen LogP contribution in [0.15, 0.2) is 18.2 Å². The molecular formula is C19H28N2O2. The number of hydrogen-bond donors (Lipinski definition) is 2. The van der Waals surface area contributed by atoms with Crippen LogP contribution >= 0.6 is 0 Å². The number of benzene rings is 1. The molecule has 2 N–H and O–H groups in total. The van der Waals surface area contributed by atoms with Gasteiger partial charge in [-0.15, -0.1) is 0 Å². The third-order valence-corrected chi connectivity index (χ3v) is 5.10. The molecule has 1 saturated heterocycles. The van der Waals surface area contributed by atoms with Crippen molar-refractivity contribution >= 4 is 5.91 Å². The quantitative estimate of drug-likeness (QED) is 0.818. The molecule has 2 aliphatic rings. The summed E-state index contributed by atoms with van der Waals surface area (Å²) in [7, 11) is 0. The second-order valence-electron chi connectivity index (χ2n) is 6.87. The molecule has 1 aromatic carbocycles. The van der Waals surface area contributed by atoms with Gasteiger partial charge in [0.15, 0.2) is 0 Å². The number of fused-ring (bicyclic) bond motifs is 1. The minimum atomic E-state index is -0.116. The predicted octanol–water partition coefficient (Wildman–Crippen LogP) is 2.14. The molecule has 1 heterocycles. The Balaban J connectivity index is 1.41. The lowest BCUT2D eigenvalue weighted by molar-refractivity contribution is 0.0816. The number of carbonyl (C=O) groups excluding carboxylic acids is 1. The van der Waals surface area contributed by atoms with Gasteiger partial charge in [-0.05, 0) is 74.8 Å². The zero-order valence-electron chi connectivity index (χ0n) is 13.9. The molecule has 1 aliphatic heterocycles. The highest BCUT2D eigenvalue weighted by Crippen LogP contribution is 2.22. The van der Waals surface area contributed by atoms with Crippen molar-refractivity contribution in [2.24, 2.45) is 0 Å². The van der Waals surface area contributed by atoms with Crippen molar-refractivity contribution in [3.63, 3.8) is 0 Å². The van der Waals surface area contributed by atoms with Gasteiger partial charge in [0, 0.05) is 25.2 Å². The minimum Gasteiger partial charge on any atom is -0.393 e. The lowest BCUT2D eigenvalue weighted by Crippen LogP contribution is -2.37. The van der Waals surface area contributed by atoms with Crippen LogP contribution in [0.25, 0.3) is 0 Å². The van der Waals surface area contributed by atoms with Gasteiger partial charge in [0.05, 0.1) is 6.10 Å². The van der Waals surface area contributed by atoms with Crippen molar-refractivity contribution in [1.82, 2.24) is 10.2 Å². The summed E-state index contributed by atoms with van der Waals surface area (Å²) in [6.07, 6.45) is 7.37. The van der Waals surface area contributed by atoms with E-state index in [4.69, 9.17) is 0 Å². The highest BCUT2D eigenvalue weighted by molar-refractivity contribution is 5.94. The van der Waals surface area contributed by atoms with E-state index in [0.29, 0.717) is 0 Å². The van der Waals surface area contributed by atoms with E-state index >= 15 is 0 Å². The second-order valence-corrected chi connectivity index (χ2v) is 6.87. The molecule has 23 heavy (non-hydrogen) atoms. The van der Waals surface area contributed by atoms with E-state index in [9.17, 15) is 9.90 Å². The fraction of sp³-hybridized carbons (Fsp3) is 0.632. The molecule has 3 rings (SSSR count). The van der Waals surface area contributed by atoms with Gasteiger partial charge in [0.1, 0.15) is 0 Å². The first-order valence-electron chi connectivity index (χ1n) is 9.03. The molecule has 0 unspecified atom stereocenters. The summed E-state index contributed by atoms with van der Waals surface area (Å²) in [6, 6.07) is 6.17. The molecule has 0 aromatic heterocycles. The van der Waals surface area contributed by atoms with Crippen LogP contribution in [0.1, 0.15) is 53.6 Å². The van der Waals surface area contributed by atoms with E-state index in [2.05, 4.69) is 22.3 Å². The van der Waals surface area contributed by atoms with E-state index in [1.165, 1.54) is 24.0 Å². The average Bonchev–Trinajstić information content (AvgIpc) is 2.59. The van der Waals surface area contributed by atoms with Crippen LogP contribution < -0.4 is 5.32 Å². The summed E-state index contributed by atoms with van der Waals surface area (Å²) in [5, 5.41) is 12.5. The second kappa shape index (κ2) is 7.93. The van der Waals surface area contributed by atoms with Crippen molar-refractivity contribution in [3.8, 4) is 0 Å². The van der Waals surface area contributed by atoms with Crippen molar-refractivity contribution in [3.05, 3.63) is 34.9 Å². The predicted molar refractivity (Wildman–Crippen MR) is 91.7 cm³/mol. The number of nitrogens with one attached hydrogen (secondary N) is 1. The molecule has 4 heteroatoms. The Morgan fingerprint density at radius 1 is 1.17 bits per heavy atom. The van der Waals surface area contributed by atoms with Gasteiger partial charge in [-0.25, -0.2) is 0 Å². The molecule has 0 bridgehead atoms.